The number of hydrogen-bond acceptors (Lipinski definition) is 12. The van der Waals surface area contributed by atoms with E-state index in [1.807, 2.05) is 0 Å². The second kappa shape index (κ2) is 12.5. The molecule has 30 heavy (non-hydrogen) atoms. The Labute approximate surface area is 175 Å². The van der Waals surface area contributed by atoms with E-state index < -0.39 is 74.5 Å². The quantitative estimate of drug-likeness (QED) is 0.138. The van der Waals surface area contributed by atoms with E-state index in [1.165, 1.54) is 0 Å². The van der Waals surface area contributed by atoms with Gasteiger partial charge in [0, 0.05) is 0 Å². The summed E-state index contributed by atoms with van der Waals surface area (Å²) in [4.78, 5) is 0. The van der Waals surface area contributed by atoms with Gasteiger partial charge in [0.2, 0.25) is 0 Å². The minimum Gasteiger partial charge on any atom is -0.394 e. The van der Waals surface area contributed by atoms with E-state index in [-0.39, 0.29) is 0 Å². The first-order valence-corrected chi connectivity index (χ1v) is 10.4. The van der Waals surface area contributed by atoms with Gasteiger partial charge in [-0.25, -0.2) is 0 Å². The third-order valence-corrected chi connectivity index (χ3v) is 5.58. The van der Waals surface area contributed by atoms with Crippen LogP contribution in [0.4, 0.5) is 0 Å². The highest BCUT2D eigenvalue weighted by Crippen LogP contribution is 2.20. The lowest BCUT2D eigenvalue weighted by Gasteiger charge is -2.40. The molecule has 10 atom stereocenters. The Morgan fingerprint density at radius 3 is 1.20 bits per heavy atom. The van der Waals surface area contributed by atoms with E-state index in [0.717, 1.165) is 25.7 Å². The molecule has 178 valence electrons. The summed E-state index contributed by atoms with van der Waals surface area (Å²) in [5.41, 5.74) is 0. The number of rotatable bonds is 11. The number of aliphatic hydroxyl groups is 8. The molecule has 0 aromatic carbocycles. The fourth-order valence-electron chi connectivity index (χ4n) is 3.63. The predicted octanol–water partition coefficient (Wildman–Crippen LogP) is -4.67. The molecule has 12 nitrogen and oxygen atoms in total. The highest BCUT2D eigenvalue weighted by Gasteiger charge is 2.44. The van der Waals surface area contributed by atoms with E-state index in [9.17, 15) is 30.6 Å². The fraction of sp³-hybridized carbons (Fsp3) is 1.00. The van der Waals surface area contributed by atoms with Crippen LogP contribution in [0.15, 0.2) is 0 Å². The summed E-state index contributed by atoms with van der Waals surface area (Å²) >= 11 is 0. The maximum absolute atomic E-state index is 9.94. The average molecular weight is 440 g/mol. The van der Waals surface area contributed by atoms with Gasteiger partial charge in [0.1, 0.15) is 61.3 Å². The predicted molar refractivity (Wildman–Crippen MR) is 102 cm³/mol. The largest absolute Gasteiger partial charge is 0.394 e. The number of ether oxygens (including phenoxy) is 2. The minimum atomic E-state index is -1.40. The average Bonchev–Trinajstić information content (AvgIpc) is 2.75. The highest BCUT2D eigenvalue weighted by atomic mass is 16.6. The van der Waals surface area contributed by atoms with Gasteiger partial charge < -0.3 is 50.3 Å². The van der Waals surface area contributed by atoms with Crippen molar-refractivity contribution >= 4 is 0 Å². The molecule has 0 bridgehead atoms. The zero-order chi connectivity index (χ0) is 22.3. The first-order valence-electron chi connectivity index (χ1n) is 10.4. The van der Waals surface area contributed by atoms with Crippen LogP contribution in [-0.2, 0) is 9.47 Å². The molecule has 10 N–H and O–H groups in total. The summed E-state index contributed by atoms with van der Waals surface area (Å²) in [5.74, 6) is 0. The van der Waals surface area contributed by atoms with Crippen LogP contribution in [0.5, 0.6) is 0 Å². The SMILES string of the molecule is OC[C@H]1O[C@H](NCCCCCCN[C@H]2O[C@H](CO)[C@@H](O)[C@H](O)[C@H]2O)[C@H](O)[C@@H](O)[C@@H]1O. The number of aliphatic hydroxyl groups excluding tert-OH is 8. The van der Waals surface area contributed by atoms with Crippen molar-refractivity contribution in [2.45, 2.75) is 87.0 Å². The van der Waals surface area contributed by atoms with E-state index in [4.69, 9.17) is 19.7 Å². The van der Waals surface area contributed by atoms with Gasteiger partial charge in [0.05, 0.1) is 13.2 Å². The molecule has 0 aliphatic carbocycles. The maximum atomic E-state index is 9.94. The van der Waals surface area contributed by atoms with Crippen LogP contribution in [-0.4, -0.2) is 128 Å². The zero-order valence-electron chi connectivity index (χ0n) is 16.8. The molecule has 0 aromatic rings. The van der Waals surface area contributed by atoms with E-state index in [0.29, 0.717) is 13.1 Å². The van der Waals surface area contributed by atoms with E-state index >= 15 is 0 Å². The van der Waals surface area contributed by atoms with Crippen molar-refractivity contribution in [1.29, 1.82) is 0 Å². The molecule has 2 aliphatic heterocycles. The zero-order valence-corrected chi connectivity index (χ0v) is 16.8. The van der Waals surface area contributed by atoms with Crippen LogP contribution in [0.3, 0.4) is 0 Å². The molecule has 0 spiro atoms. The van der Waals surface area contributed by atoms with Crippen molar-refractivity contribution in [3.8, 4) is 0 Å². The lowest BCUT2D eigenvalue weighted by molar-refractivity contribution is -0.236. The van der Waals surface area contributed by atoms with Crippen molar-refractivity contribution in [3.63, 3.8) is 0 Å². The molecular weight excluding hydrogens is 404 g/mol. The molecule has 0 unspecified atom stereocenters. The number of unbranched alkanes of at least 4 members (excludes halogenated alkanes) is 3. The van der Waals surface area contributed by atoms with Crippen LogP contribution >= 0.6 is 0 Å². The van der Waals surface area contributed by atoms with Crippen LogP contribution in [0.2, 0.25) is 0 Å². The Morgan fingerprint density at radius 2 is 0.867 bits per heavy atom. The summed E-state index contributed by atoms with van der Waals surface area (Å²) < 4.78 is 10.7. The van der Waals surface area contributed by atoms with E-state index in [2.05, 4.69) is 10.6 Å². The normalized spacial score (nSPS) is 42.4. The molecule has 0 radical (unpaired) electrons. The smallest absolute Gasteiger partial charge is 0.137 e. The van der Waals surface area contributed by atoms with E-state index in [1.54, 1.807) is 0 Å². The van der Waals surface area contributed by atoms with Gasteiger partial charge in [-0.3, -0.25) is 10.6 Å². The Kier molecular flexibility index (Phi) is 10.8. The summed E-state index contributed by atoms with van der Waals surface area (Å²) in [6.45, 7) is 0.0702. The molecule has 2 saturated heterocycles. The van der Waals surface area contributed by atoms with Gasteiger partial charge in [-0.15, -0.1) is 0 Å². The first-order chi connectivity index (χ1) is 14.3. The van der Waals surface area contributed by atoms with Gasteiger partial charge in [0.25, 0.3) is 0 Å². The lowest BCUT2D eigenvalue weighted by Crippen LogP contribution is -2.62. The molecule has 2 fully saturated rings. The second-order valence-electron chi connectivity index (χ2n) is 7.82. The van der Waals surface area contributed by atoms with Crippen LogP contribution in [0.25, 0.3) is 0 Å². The van der Waals surface area contributed by atoms with Crippen molar-refractivity contribution < 1.29 is 50.3 Å². The van der Waals surface area contributed by atoms with Crippen molar-refractivity contribution in [2.24, 2.45) is 0 Å². The molecule has 2 aliphatic rings. The van der Waals surface area contributed by atoms with Crippen LogP contribution in [0.1, 0.15) is 25.7 Å². The van der Waals surface area contributed by atoms with Gasteiger partial charge >= 0.3 is 0 Å². The summed E-state index contributed by atoms with van der Waals surface area (Å²) in [7, 11) is 0. The Balaban J connectivity index is 1.57. The number of nitrogens with one attached hydrogen (secondary N) is 2. The van der Waals surface area contributed by atoms with Gasteiger partial charge in [-0.1, -0.05) is 12.8 Å². The van der Waals surface area contributed by atoms with Gasteiger partial charge in [-0.2, -0.15) is 0 Å². The summed E-state index contributed by atoms with van der Waals surface area (Å²) in [5, 5.41) is 83.1. The molecule has 0 aromatic heterocycles. The topological polar surface area (TPSA) is 204 Å². The maximum Gasteiger partial charge on any atom is 0.137 e. The van der Waals surface area contributed by atoms with Gasteiger partial charge in [0.15, 0.2) is 0 Å². The molecule has 2 heterocycles. The Morgan fingerprint density at radius 1 is 0.500 bits per heavy atom. The van der Waals surface area contributed by atoms with Gasteiger partial charge in [-0.05, 0) is 25.9 Å². The summed E-state index contributed by atoms with van der Waals surface area (Å²) in [6.07, 6.45) is -8.57. The molecule has 2 rings (SSSR count). The Hall–Kier alpha value is -0.480. The third kappa shape index (κ3) is 6.51. The standard InChI is InChI=1S/C18H36N2O10/c21-7-9-11(23)13(25)15(27)17(29-9)19-5-3-1-2-4-6-20-18-16(28)14(26)12(24)10(8-22)30-18/h9-28H,1-8H2/t9-,10-,11-,12-,13+,14+,15-,16-,17+,18+/m1/s1. The first kappa shape index (κ1) is 25.8. The summed E-state index contributed by atoms with van der Waals surface area (Å²) in [6, 6.07) is 0. The number of hydrogen-bond donors (Lipinski definition) is 10. The van der Waals surface area contributed by atoms with Crippen molar-refractivity contribution in [2.75, 3.05) is 26.3 Å². The minimum absolute atomic E-state index is 0.468. The van der Waals surface area contributed by atoms with Crippen molar-refractivity contribution in [1.82, 2.24) is 10.6 Å². The lowest BCUT2D eigenvalue weighted by atomic mass is 9.98. The highest BCUT2D eigenvalue weighted by molar-refractivity contribution is 4.91. The third-order valence-electron chi connectivity index (χ3n) is 5.58. The molecule has 0 saturated carbocycles. The fourth-order valence-corrected chi connectivity index (χ4v) is 3.63. The van der Waals surface area contributed by atoms with Crippen LogP contribution < -0.4 is 10.6 Å². The van der Waals surface area contributed by atoms with Crippen molar-refractivity contribution in [3.05, 3.63) is 0 Å². The van der Waals surface area contributed by atoms with Crippen LogP contribution in [0, 0.1) is 0 Å². The molecule has 12 heteroatoms. The second-order valence-corrected chi connectivity index (χ2v) is 7.82. The Bertz CT molecular complexity index is 444. The molecule has 0 amide bonds. The molecular formula is C18H36N2O10. The monoisotopic (exact) mass is 440 g/mol.